The fourth-order valence-corrected chi connectivity index (χ4v) is 3.39. The molecule has 0 radical (unpaired) electrons. The van der Waals surface area contributed by atoms with E-state index in [1.54, 1.807) is 7.11 Å². The Morgan fingerprint density at radius 3 is 2.77 bits per heavy atom. The summed E-state index contributed by atoms with van der Waals surface area (Å²) in [5.74, 6) is 2.48. The number of carbonyl (C=O) groups is 1. The van der Waals surface area contributed by atoms with E-state index in [1.165, 1.54) is 0 Å². The van der Waals surface area contributed by atoms with Crippen LogP contribution in [-0.2, 0) is 19.3 Å². The number of rotatable bonds is 5. The van der Waals surface area contributed by atoms with Gasteiger partial charge in [-0.25, -0.2) is 4.79 Å². The number of ether oxygens (including phenoxy) is 3. The number of hydrogen-bond acceptors (Lipinski definition) is 4. The zero-order valence-electron chi connectivity index (χ0n) is 14.8. The lowest BCUT2D eigenvalue weighted by Crippen LogP contribution is -2.31. The fraction of sp³-hybridized carbons (Fsp3) is 0.350. The third-order valence-electron chi connectivity index (χ3n) is 4.75. The van der Waals surface area contributed by atoms with Crippen molar-refractivity contribution in [2.45, 2.75) is 19.3 Å². The summed E-state index contributed by atoms with van der Waals surface area (Å²) < 4.78 is 16.6. The Morgan fingerprint density at radius 2 is 1.96 bits per heavy atom. The molecule has 0 aliphatic carbocycles. The minimum atomic E-state index is -0.225. The molecule has 2 amide bonds. The summed E-state index contributed by atoms with van der Waals surface area (Å²) in [6.07, 6.45) is 2.38. The van der Waals surface area contributed by atoms with E-state index in [4.69, 9.17) is 14.2 Å². The summed E-state index contributed by atoms with van der Waals surface area (Å²) in [5.41, 5.74) is 4.02. The van der Waals surface area contributed by atoms with Crippen molar-refractivity contribution in [3.8, 4) is 17.2 Å². The van der Waals surface area contributed by atoms with Gasteiger partial charge < -0.3 is 24.8 Å². The Bertz CT molecular complexity index is 785. The molecule has 4 rings (SSSR count). The molecule has 0 fully saturated rings. The molecule has 26 heavy (non-hydrogen) atoms. The Kier molecular flexibility index (Phi) is 4.56. The fourth-order valence-electron chi connectivity index (χ4n) is 3.39. The summed E-state index contributed by atoms with van der Waals surface area (Å²) in [6.45, 7) is 1.84. The maximum absolute atomic E-state index is 12.4. The van der Waals surface area contributed by atoms with Gasteiger partial charge in [-0.15, -0.1) is 0 Å². The van der Waals surface area contributed by atoms with Gasteiger partial charge in [0.1, 0.15) is 17.2 Å². The first-order valence-corrected chi connectivity index (χ1v) is 8.87. The quantitative estimate of drug-likeness (QED) is 0.866. The van der Waals surface area contributed by atoms with Crippen LogP contribution in [0.15, 0.2) is 30.3 Å². The topological polar surface area (TPSA) is 68.8 Å². The average Bonchev–Trinajstić information content (AvgIpc) is 3.31. The molecule has 0 bridgehead atoms. The van der Waals surface area contributed by atoms with Crippen molar-refractivity contribution in [3.63, 3.8) is 0 Å². The first kappa shape index (κ1) is 16.6. The number of carbonyl (C=O) groups excluding carboxylic acids is 1. The molecule has 0 unspecified atom stereocenters. The number of urea groups is 1. The van der Waals surface area contributed by atoms with Crippen LogP contribution < -0.4 is 24.8 Å². The first-order chi connectivity index (χ1) is 12.7. The summed E-state index contributed by atoms with van der Waals surface area (Å²) >= 11 is 0. The zero-order chi connectivity index (χ0) is 17.9. The standard InChI is InChI=1S/C20H22N2O4/c1-24-15-4-2-13(3-5-15)6-9-21-20(23)22-18-16-8-11-25-17(16)12-14-7-10-26-19(14)18/h2-5,12H,6-11H2,1H3,(H2,21,22,23). The van der Waals surface area contributed by atoms with Crippen molar-refractivity contribution in [2.75, 3.05) is 32.2 Å². The number of hydrogen-bond donors (Lipinski definition) is 2. The van der Waals surface area contributed by atoms with Crippen LogP contribution in [-0.4, -0.2) is 32.9 Å². The molecule has 0 atom stereocenters. The van der Waals surface area contributed by atoms with Gasteiger partial charge in [-0.1, -0.05) is 12.1 Å². The second-order valence-corrected chi connectivity index (χ2v) is 6.39. The Hall–Kier alpha value is -2.89. The molecule has 6 heteroatoms. The molecule has 2 heterocycles. The van der Waals surface area contributed by atoms with Crippen LogP contribution in [0.25, 0.3) is 0 Å². The highest BCUT2D eigenvalue weighted by Gasteiger charge is 2.27. The van der Waals surface area contributed by atoms with E-state index in [-0.39, 0.29) is 6.03 Å². The predicted octanol–water partition coefficient (Wildman–Crippen LogP) is 2.93. The van der Waals surface area contributed by atoms with Crippen LogP contribution in [0, 0.1) is 0 Å². The van der Waals surface area contributed by atoms with E-state index in [2.05, 4.69) is 10.6 Å². The van der Waals surface area contributed by atoms with E-state index >= 15 is 0 Å². The van der Waals surface area contributed by atoms with Gasteiger partial charge in [0.15, 0.2) is 0 Å². The minimum Gasteiger partial charge on any atom is -0.497 e. The van der Waals surface area contributed by atoms with Gasteiger partial charge in [-0.05, 0) is 30.2 Å². The normalized spacial score (nSPS) is 14.0. The van der Waals surface area contributed by atoms with Crippen molar-refractivity contribution in [2.24, 2.45) is 0 Å². The van der Waals surface area contributed by atoms with Crippen LogP contribution in [0.3, 0.4) is 0 Å². The lowest BCUT2D eigenvalue weighted by Gasteiger charge is -2.14. The zero-order valence-corrected chi connectivity index (χ0v) is 14.8. The highest BCUT2D eigenvalue weighted by Crippen LogP contribution is 2.44. The lowest BCUT2D eigenvalue weighted by atomic mass is 10.0. The summed E-state index contributed by atoms with van der Waals surface area (Å²) in [7, 11) is 1.65. The molecule has 2 N–H and O–H groups in total. The number of amides is 2. The highest BCUT2D eigenvalue weighted by molar-refractivity contribution is 5.93. The van der Waals surface area contributed by atoms with Crippen LogP contribution in [0.4, 0.5) is 10.5 Å². The molecule has 0 saturated carbocycles. The molecule has 0 aromatic heterocycles. The molecule has 136 valence electrons. The van der Waals surface area contributed by atoms with Crippen molar-refractivity contribution >= 4 is 11.7 Å². The molecule has 0 saturated heterocycles. The number of methoxy groups -OCH3 is 1. The molecule has 2 aromatic rings. The third kappa shape index (κ3) is 3.27. The molecular formula is C20H22N2O4. The SMILES string of the molecule is COc1ccc(CCNC(=O)Nc2c3c(cc4c2OCC4)OCC3)cc1. The van der Waals surface area contributed by atoms with Gasteiger partial charge in [0.05, 0.1) is 26.0 Å². The molecular weight excluding hydrogens is 332 g/mol. The molecule has 2 aromatic carbocycles. The largest absolute Gasteiger partial charge is 0.497 e. The average molecular weight is 354 g/mol. The second kappa shape index (κ2) is 7.15. The molecule has 6 nitrogen and oxygen atoms in total. The van der Waals surface area contributed by atoms with Crippen LogP contribution in [0.5, 0.6) is 17.2 Å². The minimum absolute atomic E-state index is 0.225. The third-order valence-corrected chi connectivity index (χ3v) is 4.75. The molecule has 2 aliphatic heterocycles. The second-order valence-electron chi connectivity index (χ2n) is 6.39. The molecule has 0 spiro atoms. The lowest BCUT2D eigenvalue weighted by molar-refractivity contribution is 0.252. The van der Waals surface area contributed by atoms with E-state index in [1.807, 2.05) is 30.3 Å². The monoisotopic (exact) mass is 354 g/mol. The highest BCUT2D eigenvalue weighted by atomic mass is 16.5. The Balaban J connectivity index is 1.38. The van der Waals surface area contributed by atoms with Gasteiger partial charge in [0.2, 0.25) is 0 Å². The summed E-state index contributed by atoms with van der Waals surface area (Å²) in [6, 6.07) is 9.65. The van der Waals surface area contributed by atoms with E-state index in [9.17, 15) is 4.79 Å². The number of anilines is 1. The maximum Gasteiger partial charge on any atom is 0.319 e. The van der Waals surface area contributed by atoms with E-state index in [0.29, 0.717) is 19.8 Å². The predicted molar refractivity (Wildman–Crippen MR) is 98.6 cm³/mol. The molecule has 2 aliphatic rings. The van der Waals surface area contributed by atoms with Gasteiger partial charge in [-0.2, -0.15) is 0 Å². The number of fused-ring (bicyclic) bond motifs is 2. The van der Waals surface area contributed by atoms with Crippen molar-refractivity contribution in [1.82, 2.24) is 5.32 Å². The van der Waals surface area contributed by atoms with Gasteiger partial charge in [0, 0.05) is 30.5 Å². The Labute approximate surface area is 152 Å². The van der Waals surface area contributed by atoms with E-state index < -0.39 is 0 Å². The van der Waals surface area contributed by atoms with Crippen molar-refractivity contribution in [1.29, 1.82) is 0 Å². The van der Waals surface area contributed by atoms with E-state index in [0.717, 1.165) is 58.9 Å². The van der Waals surface area contributed by atoms with Gasteiger partial charge in [0.25, 0.3) is 0 Å². The van der Waals surface area contributed by atoms with Crippen molar-refractivity contribution in [3.05, 3.63) is 47.0 Å². The first-order valence-electron chi connectivity index (χ1n) is 8.87. The Morgan fingerprint density at radius 1 is 1.15 bits per heavy atom. The van der Waals surface area contributed by atoms with Gasteiger partial charge >= 0.3 is 6.03 Å². The maximum atomic E-state index is 12.4. The van der Waals surface area contributed by atoms with Gasteiger partial charge in [-0.3, -0.25) is 0 Å². The van der Waals surface area contributed by atoms with Crippen LogP contribution >= 0.6 is 0 Å². The number of nitrogens with one attached hydrogen (secondary N) is 2. The van der Waals surface area contributed by atoms with Crippen LogP contribution in [0.2, 0.25) is 0 Å². The summed E-state index contributed by atoms with van der Waals surface area (Å²) in [4.78, 5) is 12.4. The van der Waals surface area contributed by atoms with Crippen LogP contribution in [0.1, 0.15) is 16.7 Å². The number of benzene rings is 2. The summed E-state index contributed by atoms with van der Waals surface area (Å²) in [5, 5.41) is 5.89. The van der Waals surface area contributed by atoms with Crippen molar-refractivity contribution < 1.29 is 19.0 Å². The smallest absolute Gasteiger partial charge is 0.319 e.